The van der Waals surface area contributed by atoms with Crippen LogP contribution in [0.1, 0.15) is 184 Å². The molecule has 12 heteroatoms. The Morgan fingerprint density at radius 1 is 0.534 bits per heavy atom. The Morgan fingerprint density at radius 2 is 0.918 bits per heavy atom. The average Bonchev–Trinajstić information content (AvgIpc) is 4.00. The van der Waals surface area contributed by atoms with E-state index in [0.29, 0.717) is 36.8 Å². The molecule has 0 spiro atoms. The van der Waals surface area contributed by atoms with E-state index >= 15 is 0 Å². The number of ether oxygens (including phenoxy) is 1. The summed E-state index contributed by atoms with van der Waals surface area (Å²) in [6, 6.07) is 28.0. The number of nitrogens with one attached hydrogen (secondary N) is 2. The number of nitrogens with zero attached hydrogens (tertiary/aromatic N) is 2. The number of amides is 2. The second-order valence-corrected chi connectivity index (χ2v) is 18.9. The lowest BCUT2D eigenvalue weighted by Crippen LogP contribution is -2.27. The van der Waals surface area contributed by atoms with Gasteiger partial charge in [-0.05, 0) is 173 Å². The van der Waals surface area contributed by atoms with Gasteiger partial charge in [0.1, 0.15) is 0 Å². The number of methoxy groups -OCH3 is 1. The van der Waals surface area contributed by atoms with E-state index in [1.807, 2.05) is 72.8 Å². The van der Waals surface area contributed by atoms with E-state index in [2.05, 4.69) is 77.1 Å². The summed E-state index contributed by atoms with van der Waals surface area (Å²) in [6.45, 7) is 12.2. The predicted molar refractivity (Wildman–Crippen MR) is 293 cm³/mol. The van der Waals surface area contributed by atoms with Crippen LogP contribution in [-0.2, 0) is 36.8 Å². The molecule has 2 amide bonds. The van der Waals surface area contributed by atoms with Crippen LogP contribution in [0, 0.1) is 0 Å². The quantitative estimate of drug-likeness (QED) is 0.0284. The van der Waals surface area contributed by atoms with Crippen molar-refractivity contribution in [2.45, 2.75) is 143 Å². The summed E-state index contributed by atoms with van der Waals surface area (Å²) in [7, 11) is 1.40. The normalized spacial score (nSPS) is 14.5. The van der Waals surface area contributed by atoms with E-state index in [1.54, 1.807) is 12.2 Å². The molecular weight excluding hydrogens is 917 g/mol. The van der Waals surface area contributed by atoms with Gasteiger partial charge in [-0.3, -0.25) is 28.8 Å². The van der Waals surface area contributed by atoms with Gasteiger partial charge < -0.3 is 30.3 Å². The largest absolute Gasteiger partial charge is 0.481 e. The molecule has 0 heterocycles. The molecule has 73 heavy (non-hydrogen) atoms. The summed E-state index contributed by atoms with van der Waals surface area (Å²) in [5, 5.41) is 15.0. The van der Waals surface area contributed by atoms with Gasteiger partial charge in [0.2, 0.25) is 0 Å². The van der Waals surface area contributed by atoms with Gasteiger partial charge >= 0.3 is 11.9 Å². The van der Waals surface area contributed by atoms with Crippen molar-refractivity contribution < 1.29 is 38.6 Å². The van der Waals surface area contributed by atoms with Crippen molar-refractivity contribution in [2.24, 2.45) is 0 Å². The van der Waals surface area contributed by atoms with Gasteiger partial charge in [-0.2, -0.15) is 0 Å². The molecule has 0 aromatic heterocycles. The zero-order valence-electron chi connectivity index (χ0n) is 43.9. The van der Waals surface area contributed by atoms with Crippen LogP contribution in [0.4, 0.5) is 11.4 Å². The fourth-order valence-corrected chi connectivity index (χ4v) is 9.59. The van der Waals surface area contributed by atoms with Crippen molar-refractivity contribution in [1.82, 2.24) is 10.6 Å². The number of carboxylic acids is 1. The molecule has 0 radical (unpaired) electrons. The Balaban J connectivity index is 0.000000271. The van der Waals surface area contributed by atoms with E-state index in [4.69, 9.17) is 5.11 Å². The van der Waals surface area contributed by atoms with Crippen molar-refractivity contribution in [3.63, 3.8) is 0 Å². The number of aliphatic carboxylic acids is 1. The van der Waals surface area contributed by atoms with Gasteiger partial charge in [0.15, 0.2) is 11.6 Å². The number of carbonyl (C=O) groups excluding carboxylic acids is 5. The lowest BCUT2D eigenvalue weighted by molar-refractivity contribution is -0.141. The highest BCUT2D eigenvalue weighted by Gasteiger charge is 2.26. The maximum absolute atomic E-state index is 12.9. The van der Waals surface area contributed by atoms with E-state index in [1.165, 1.54) is 18.2 Å². The molecule has 4 aromatic rings. The standard InChI is InChI=1S/C31H40N2O4.C30H38N2O4/c1-4-33(5-2)26-17-14-24(15-18-26)31(36)32-29-21-16-25-22-23(13-20-28(25)29)12-19-27(34)10-8-6-7-9-11-30(35)37-3;1-3-32(4-2)25-16-13-23(14-17-25)30(36)31-28-20-15-24-21-22(12-19-27(24)28)11-18-26(33)9-7-5-6-8-10-29(34)35/h12-15,17-20,22,29H,4-11,16,21H2,1-3H3,(H,32,36);11-14,16-19,21,28H,3-10,15,20H2,1-2H3,(H,31,36)(H,34,35)/b19-12+;18-11+. The number of carboxylic acid groups (broad SMARTS) is 1. The number of allylic oxidation sites excluding steroid dienone is 2. The third-order valence-electron chi connectivity index (χ3n) is 13.9. The van der Waals surface area contributed by atoms with Crippen molar-refractivity contribution in [2.75, 3.05) is 43.1 Å². The maximum Gasteiger partial charge on any atom is 0.305 e. The first-order chi connectivity index (χ1) is 35.3. The first-order valence-corrected chi connectivity index (χ1v) is 26.6. The molecule has 390 valence electrons. The van der Waals surface area contributed by atoms with Gasteiger partial charge in [-0.25, -0.2) is 0 Å². The molecule has 0 saturated carbocycles. The Labute approximate surface area is 433 Å². The van der Waals surface area contributed by atoms with Crippen LogP contribution in [-0.4, -0.2) is 73.7 Å². The van der Waals surface area contributed by atoms with Crippen LogP contribution in [0.5, 0.6) is 0 Å². The SMILES string of the molecule is CCN(CC)c1ccc(C(=O)NC2CCc3cc(/C=C/C(=O)CCCCCCC(=O)O)ccc32)cc1.CCN(CC)c1ccc(C(=O)NC2CCc3cc(/C=C/C(=O)CCCCCCC(=O)OC)ccc32)cc1. The number of hydrogen-bond acceptors (Lipinski definition) is 9. The number of carbonyl (C=O) groups is 6. The van der Waals surface area contributed by atoms with Gasteiger partial charge in [0.05, 0.1) is 19.2 Å². The second kappa shape index (κ2) is 30.3. The highest BCUT2D eigenvalue weighted by atomic mass is 16.5. The molecule has 6 rings (SSSR count). The number of esters is 1. The number of ketones is 2. The molecular formula is C61H78N4O8. The van der Waals surface area contributed by atoms with Crippen molar-refractivity contribution in [3.8, 4) is 0 Å². The van der Waals surface area contributed by atoms with E-state index in [0.717, 1.165) is 130 Å². The van der Waals surface area contributed by atoms with Gasteiger partial charge in [0, 0.05) is 74.4 Å². The zero-order valence-corrected chi connectivity index (χ0v) is 43.9. The molecule has 2 aliphatic rings. The Kier molecular flexibility index (Phi) is 23.7. The van der Waals surface area contributed by atoms with E-state index in [9.17, 15) is 28.8 Å². The highest BCUT2D eigenvalue weighted by molar-refractivity contribution is 5.96. The number of rotatable bonds is 28. The second-order valence-electron chi connectivity index (χ2n) is 18.9. The first-order valence-electron chi connectivity index (χ1n) is 26.6. The number of fused-ring (bicyclic) bond motifs is 2. The van der Waals surface area contributed by atoms with Crippen molar-refractivity contribution in [1.29, 1.82) is 0 Å². The summed E-state index contributed by atoms with van der Waals surface area (Å²) >= 11 is 0. The van der Waals surface area contributed by atoms with Gasteiger partial charge in [-0.15, -0.1) is 0 Å². The summed E-state index contributed by atoms with van der Waals surface area (Å²) in [5.41, 5.74) is 10.3. The fraction of sp³-hybridized carbons (Fsp3) is 0.443. The predicted octanol–water partition coefficient (Wildman–Crippen LogP) is 12.0. The van der Waals surface area contributed by atoms with Crippen molar-refractivity contribution in [3.05, 3.63) is 142 Å². The zero-order chi connectivity index (χ0) is 52.5. The summed E-state index contributed by atoms with van der Waals surface area (Å²) in [4.78, 5) is 76.2. The molecule has 0 bridgehead atoms. The topological polar surface area (TPSA) is 162 Å². The molecule has 2 aliphatic carbocycles. The lowest BCUT2D eigenvalue weighted by Gasteiger charge is -2.21. The Hall–Kier alpha value is -6.82. The minimum absolute atomic E-state index is 0.00352. The summed E-state index contributed by atoms with van der Waals surface area (Å²) < 4.78 is 4.63. The molecule has 12 nitrogen and oxygen atoms in total. The van der Waals surface area contributed by atoms with Gasteiger partial charge in [-0.1, -0.05) is 74.2 Å². The molecule has 0 fully saturated rings. The van der Waals surface area contributed by atoms with Crippen LogP contribution < -0.4 is 20.4 Å². The maximum atomic E-state index is 12.9. The Morgan fingerprint density at radius 3 is 1.29 bits per heavy atom. The summed E-state index contributed by atoms with van der Waals surface area (Å²) in [5.74, 6) is -0.850. The Bertz CT molecular complexity index is 2510. The summed E-state index contributed by atoms with van der Waals surface area (Å²) in [6.07, 6.45) is 18.9. The molecule has 3 N–H and O–H groups in total. The third-order valence-corrected chi connectivity index (χ3v) is 13.9. The van der Waals surface area contributed by atoms with Crippen LogP contribution in [0.2, 0.25) is 0 Å². The van der Waals surface area contributed by atoms with E-state index in [-0.39, 0.29) is 47.9 Å². The van der Waals surface area contributed by atoms with Crippen molar-refractivity contribution >= 4 is 58.8 Å². The van der Waals surface area contributed by atoms with Crippen LogP contribution in [0.25, 0.3) is 12.2 Å². The number of benzene rings is 4. The lowest BCUT2D eigenvalue weighted by atomic mass is 10.0. The molecule has 0 aliphatic heterocycles. The molecule has 2 atom stereocenters. The van der Waals surface area contributed by atoms with Gasteiger partial charge in [0.25, 0.3) is 11.8 Å². The highest BCUT2D eigenvalue weighted by Crippen LogP contribution is 2.34. The number of aryl methyl sites for hydroxylation is 2. The molecule has 0 saturated heterocycles. The van der Waals surface area contributed by atoms with Crippen LogP contribution in [0.3, 0.4) is 0 Å². The minimum atomic E-state index is -0.766. The average molecular weight is 995 g/mol. The number of hydrogen-bond donors (Lipinski definition) is 3. The van der Waals surface area contributed by atoms with E-state index < -0.39 is 5.97 Å². The number of unbranched alkanes of at least 4 members (excludes halogenated alkanes) is 6. The fourth-order valence-electron chi connectivity index (χ4n) is 9.59. The van der Waals surface area contributed by atoms with Crippen LogP contribution in [0.15, 0.2) is 97.1 Å². The third kappa shape index (κ3) is 18.3. The first kappa shape index (κ1) is 57.1. The van der Waals surface area contributed by atoms with Crippen LogP contribution >= 0.6 is 0 Å². The number of anilines is 2. The smallest absolute Gasteiger partial charge is 0.305 e. The monoisotopic (exact) mass is 995 g/mol. The molecule has 2 unspecified atom stereocenters. The molecule has 4 aromatic carbocycles. The minimum Gasteiger partial charge on any atom is -0.481 e.